The number of carbonyl (C=O) groups is 1. The first-order valence-corrected chi connectivity index (χ1v) is 6.07. The van der Waals surface area contributed by atoms with Gasteiger partial charge in [0.1, 0.15) is 0 Å². The van der Waals surface area contributed by atoms with Crippen LogP contribution in [0.3, 0.4) is 0 Å². The Kier molecular flexibility index (Phi) is 3.62. The van der Waals surface area contributed by atoms with Crippen molar-refractivity contribution in [2.24, 2.45) is 5.73 Å². The number of nitrogens with one attached hydrogen (secondary N) is 1. The molecule has 19 heavy (non-hydrogen) atoms. The maximum atomic E-state index is 11.4. The quantitative estimate of drug-likeness (QED) is 0.753. The van der Waals surface area contributed by atoms with E-state index >= 15 is 0 Å². The molecular weight excluding hydrogens is 262 g/mol. The summed E-state index contributed by atoms with van der Waals surface area (Å²) in [5, 5.41) is 3.75. The Labute approximate surface area is 116 Å². The van der Waals surface area contributed by atoms with Crippen LogP contribution < -0.4 is 16.8 Å². The molecule has 0 saturated carbocycles. The van der Waals surface area contributed by atoms with Gasteiger partial charge in [-0.25, -0.2) is 0 Å². The average molecular weight is 276 g/mol. The lowest BCUT2D eigenvalue weighted by molar-refractivity contribution is 0.100. The maximum Gasteiger partial charge on any atom is 0.250 e. The molecule has 2 rings (SSSR count). The highest BCUT2D eigenvalue weighted by molar-refractivity contribution is 6.30. The summed E-state index contributed by atoms with van der Waals surface area (Å²) < 4.78 is 0. The average Bonchev–Trinajstić information content (AvgIpc) is 2.33. The van der Waals surface area contributed by atoms with Crippen LogP contribution in [0.1, 0.15) is 15.9 Å². The molecule has 2 aromatic rings. The van der Waals surface area contributed by atoms with Gasteiger partial charge in [0.25, 0.3) is 5.91 Å². The molecule has 0 spiro atoms. The highest BCUT2D eigenvalue weighted by Gasteiger charge is 2.10. The molecule has 0 heterocycles. The summed E-state index contributed by atoms with van der Waals surface area (Å²) in [6.07, 6.45) is 0. The third kappa shape index (κ3) is 2.98. The number of amides is 1. The van der Waals surface area contributed by atoms with Gasteiger partial charge in [-0.15, -0.1) is 0 Å². The van der Waals surface area contributed by atoms with Gasteiger partial charge in [0, 0.05) is 16.4 Å². The fraction of sp³-hybridized carbons (Fsp3) is 0.0714. The number of nitrogen functional groups attached to an aromatic ring is 1. The molecule has 0 saturated heterocycles. The minimum atomic E-state index is -0.512. The van der Waals surface area contributed by atoms with Crippen molar-refractivity contribution in [2.45, 2.75) is 6.92 Å². The maximum absolute atomic E-state index is 11.4. The zero-order chi connectivity index (χ0) is 14.0. The predicted molar refractivity (Wildman–Crippen MR) is 78.8 cm³/mol. The van der Waals surface area contributed by atoms with Gasteiger partial charge in [0.05, 0.1) is 11.3 Å². The Bertz CT molecular complexity index is 641. The first-order valence-electron chi connectivity index (χ1n) is 5.70. The van der Waals surface area contributed by atoms with E-state index in [0.29, 0.717) is 22.0 Å². The summed E-state index contributed by atoms with van der Waals surface area (Å²) in [5.74, 6) is -0.512. The van der Waals surface area contributed by atoms with Crippen molar-refractivity contribution in [3.63, 3.8) is 0 Å². The third-order valence-electron chi connectivity index (χ3n) is 2.78. The van der Waals surface area contributed by atoms with Crippen LogP contribution in [-0.2, 0) is 0 Å². The van der Waals surface area contributed by atoms with E-state index in [1.165, 1.54) is 0 Å². The Morgan fingerprint density at radius 1 is 1.16 bits per heavy atom. The Hall–Kier alpha value is -2.20. The van der Waals surface area contributed by atoms with Crippen LogP contribution in [0.15, 0.2) is 36.4 Å². The van der Waals surface area contributed by atoms with Crippen LogP contribution in [0.2, 0.25) is 5.02 Å². The van der Waals surface area contributed by atoms with Crippen molar-refractivity contribution < 1.29 is 4.79 Å². The number of carbonyl (C=O) groups excluding carboxylic acids is 1. The first-order chi connectivity index (χ1) is 8.97. The molecule has 5 N–H and O–H groups in total. The van der Waals surface area contributed by atoms with Crippen molar-refractivity contribution in [1.29, 1.82) is 0 Å². The molecule has 98 valence electrons. The second-order valence-corrected chi connectivity index (χ2v) is 4.69. The Morgan fingerprint density at radius 3 is 2.58 bits per heavy atom. The van der Waals surface area contributed by atoms with Gasteiger partial charge in [-0.3, -0.25) is 4.79 Å². The van der Waals surface area contributed by atoms with Crippen LogP contribution in [0, 0.1) is 6.92 Å². The van der Waals surface area contributed by atoms with E-state index in [-0.39, 0.29) is 0 Å². The zero-order valence-electron chi connectivity index (χ0n) is 10.4. The SMILES string of the molecule is Cc1ccc(Cl)cc1Nc1cc(N)ccc1C(N)=O. The lowest BCUT2D eigenvalue weighted by atomic mass is 10.1. The van der Waals surface area contributed by atoms with E-state index in [4.69, 9.17) is 23.1 Å². The van der Waals surface area contributed by atoms with E-state index in [0.717, 1.165) is 11.3 Å². The topological polar surface area (TPSA) is 81.1 Å². The third-order valence-corrected chi connectivity index (χ3v) is 3.01. The van der Waals surface area contributed by atoms with Gasteiger partial charge in [-0.2, -0.15) is 0 Å². The van der Waals surface area contributed by atoms with Crippen LogP contribution in [0.4, 0.5) is 17.1 Å². The van der Waals surface area contributed by atoms with E-state index in [9.17, 15) is 4.79 Å². The zero-order valence-corrected chi connectivity index (χ0v) is 11.2. The molecule has 4 nitrogen and oxygen atoms in total. The second-order valence-electron chi connectivity index (χ2n) is 4.25. The smallest absolute Gasteiger partial charge is 0.250 e. The Morgan fingerprint density at radius 2 is 1.89 bits per heavy atom. The standard InChI is InChI=1S/C14H14ClN3O/c1-8-2-3-9(15)6-12(8)18-13-7-10(16)4-5-11(13)14(17)19/h2-7,18H,16H2,1H3,(H2,17,19). The summed E-state index contributed by atoms with van der Waals surface area (Å²) in [6, 6.07) is 10.4. The van der Waals surface area contributed by atoms with Crippen molar-refractivity contribution in [3.8, 4) is 0 Å². The molecule has 0 aromatic heterocycles. The van der Waals surface area contributed by atoms with Crippen molar-refractivity contribution in [3.05, 3.63) is 52.5 Å². The number of hydrogen-bond acceptors (Lipinski definition) is 3. The van der Waals surface area contributed by atoms with Crippen molar-refractivity contribution in [2.75, 3.05) is 11.1 Å². The molecule has 2 aromatic carbocycles. The number of anilines is 3. The van der Waals surface area contributed by atoms with Gasteiger partial charge in [-0.1, -0.05) is 17.7 Å². The van der Waals surface area contributed by atoms with Gasteiger partial charge < -0.3 is 16.8 Å². The minimum absolute atomic E-state index is 0.383. The molecule has 5 heteroatoms. The lowest BCUT2D eigenvalue weighted by Gasteiger charge is -2.13. The summed E-state index contributed by atoms with van der Waals surface area (Å²) >= 11 is 5.96. The summed E-state index contributed by atoms with van der Waals surface area (Å²) in [6.45, 7) is 1.94. The predicted octanol–water partition coefficient (Wildman–Crippen LogP) is 3.07. The number of benzene rings is 2. The molecule has 0 radical (unpaired) electrons. The number of halogens is 1. The number of aryl methyl sites for hydroxylation is 1. The highest BCUT2D eigenvalue weighted by atomic mass is 35.5. The van der Waals surface area contributed by atoms with Crippen LogP contribution in [0.25, 0.3) is 0 Å². The van der Waals surface area contributed by atoms with Crippen molar-refractivity contribution in [1.82, 2.24) is 0 Å². The van der Waals surface area contributed by atoms with Gasteiger partial charge in [-0.05, 0) is 42.8 Å². The molecule has 0 aliphatic heterocycles. The second kappa shape index (κ2) is 5.20. The molecule has 0 atom stereocenters. The van der Waals surface area contributed by atoms with E-state index in [1.807, 2.05) is 13.0 Å². The Balaban J connectivity index is 2.45. The normalized spacial score (nSPS) is 10.2. The van der Waals surface area contributed by atoms with E-state index in [2.05, 4.69) is 5.32 Å². The fourth-order valence-corrected chi connectivity index (χ4v) is 1.93. The number of nitrogens with two attached hydrogens (primary N) is 2. The molecule has 0 bridgehead atoms. The molecule has 0 fully saturated rings. The van der Waals surface area contributed by atoms with Gasteiger partial charge >= 0.3 is 0 Å². The van der Waals surface area contributed by atoms with E-state index in [1.54, 1.807) is 30.3 Å². The monoisotopic (exact) mass is 275 g/mol. The summed E-state index contributed by atoms with van der Waals surface area (Å²) in [5.41, 5.74) is 14.4. The number of primary amides is 1. The number of rotatable bonds is 3. The van der Waals surface area contributed by atoms with Crippen molar-refractivity contribution >= 4 is 34.6 Å². The van der Waals surface area contributed by atoms with Crippen LogP contribution >= 0.6 is 11.6 Å². The summed E-state index contributed by atoms with van der Waals surface area (Å²) in [4.78, 5) is 11.4. The number of hydrogen-bond donors (Lipinski definition) is 3. The fourth-order valence-electron chi connectivity index (χ4n) is 1.75. The molecule has 0 aliphatic carbocycles. The highest BCUT2D eigenvalue weighted by Crippen LogP contribution is 2.27. The lowest BCUT2D eigenvalue weighted by Crippen LogP contribution is -2.13. The summed E-state index contributed by atoms with van der Waals surface area (Å²) in [7, 11) is 0. The van der Waals surface area contributed by atoms with Gasteiger partial charge in [0.15, 0.2) is 0 Å². The minimum Gasteiger partial charge on any atom is -0.399 e. The molecule has 1 amide bonds. The molecule has 0 unspecified atom stereocenters. The molecule has 0 aliphatic rings. The largest absolute Gasteiger partial charge is 0.399 e. The van der Waals surface area contributed by atoms with Crippen LogP contribution in [0.5, 0.6) is 0 Å². The first kappa shape index (κ1) is 13.2. The van der Waals surface area contributed by atoms with Crippen LogP contribution in [-0.4, -0.2) is 5.91 Å². The van der Waals surface area contributed by atoms with E-state index < -0.39 is 5.91 Å². The van der Waals surface area contributed by atoms with Gasteiger partial charge in [0.2, 0.25) is 0 Å². The molecular formula is C14H14ClN3O.